The van der Waals surface area contributed by atoms with Gasteiger partial charge in [0, 0.05) is 0 Å². The summed E-state index contributed by atoms with van der Waals surface area (Å²) in [7, 11) is 1.07. The van der Waals surface area contributed by atoms with E-state index in [0.717, 1.165) is 5.66 Å². The molecular formula is C15H18BP. The summed E-state index contributed by atoms with van der Waals surface area (Å²) in [4.78, 5) is 0. The Morgan fingerprint density at radius 2 is 1.18 bits per heavy atom. The summed E-state index contributed by atoms with van der Waals surface area (Å²) in [6, 6.07) is 22.3. The molecule has 0 aromatic heterocycles. The summed E-state index contributed by atoms with van der Waals surface area (Å²) in [5, 5.41) is 3.18. The second-order valence-corrected chi connectivity index (χ2v) is 9.58. The average Bonchev–Trinajstić information content (AvgIpc) is 3.24. The molecule has 0 nitrogen and oxygen atoms in total. The van der Waals surface area contributed by atoms with E-state index in [4.69, 9.17) is 0 Å². The Balaban J connectivity index is 2.11. The molecule has 86 valence electrons. The normalized spacial score (nSPS) is 16.7. The first-order valence-corrected chi connectivity index (χ1v) is 9.00. The van der Waals surface area contributed by atoms with Gasteiger partial charge in [0.1, 0.15) is 0 Å². The van der Waals surface area contributed by atoms with Crippen molar-refractivity contribution in [3.05, 3.63) is 60.7 Å². The zero-order valence-corrected chi connectivity index (χ0v) is 11.3. The fourth-order valence-corrected chi connectivity index (χ4v) is 7.23. The summed E-state index contributed by atoms with van der Waals surface area (Å²) in [6.07, 6.45) is 2.85. The molecule has 3 rings (SSSR count). The SMILES string of the molecule is B[PH](c1ccccc1)(c1ccccc1)C1CC1. The minimum absolute atomic E-state index is 0.951. The van der Waals surface area contributed by atoms with E-state index in [0.29, 0.717) is 0 Å². The number of benzene rings is 2. The predicted molar refractivity (Wildman–Crippen MR) is 82.0 cm³/mol. The first-order valence-electron chi connectivity index (χ1n) is 6.43. The summed E-state index contributed by atoms with van der Waals surface area (Å²) < 4.78 is 0. The van der Waals surface area contributed by atoms with Crippen molar-refractivity contribution in [2.24, 2.45) is 0 Å². The maximum atomic E-state index is 2.54. The topological polar surface area (TPSA) is 0 Å². The van der Waals surface area contributed by atoms with Crippen molar-refractivity contribution in [3.8, 4) is 0 Å². The van der Waals surface area contributed by atoms with Crippen LogP contribution in [0.15, 0.2) is 60.7 Å². The van der Waals surface area contributed by atoms with Gasteiger partial charge in [0.25, 0.3) is 0 Å². The zero-order chi connectivity index (χ0) is 11.7. The third kappa shape index (κ3) is 1.94. The molecule has 2 aromatic rings. The van der Waals surface area contributed by atoms with Crippen molar-refractivity contribution in [1.29, 1.82) is 0 Å². The van der Waals surface area contributed by atoms with Crippen molar-refractivity contribution >= 4 is 25.3 Å². The molecule has 1 aliphatic carbocycles. The van der Waals surface area contributed by atoms with Crippen LogP contribution in [-0.2, 0) is 0 Å². The Morgan fingerprint density at radius 3 is 1.53 bits per heavy atom. The molecule has 0 heterocycles. The molecule has 0 atom stereocenters. The van der Waals surface area contributed by atoms with E-state index >= 15 is 0 Å². The molecule has 0 aliphatic heterocycles. The zero-order valence-electron chi connectivity index (χ0n) is 10.3. The summed E-state index contributed by atoms with van der Waals surface area (Å²) in [5.41, 5.74) is 0.951. The van der Waals surface area contributed by atoms with E-state index < -0.39 is 7.14 Å². The first-order chi connectivity index (χ1) is 8.32. The van der Waals surface area contributed by atoms with Gasteiger partial charge in [-0.1, -0.05) is 0 Å². The van der Waals surface area contributed by atoms with Gasteiger partial charge in [-0.2, -0.15) is 0 Å². The van der Waals surface area contributed by atoms with Gasteiger partial charge < -0.3 is 0 Å². The third-order valence-corrected chi connectivity index (χ3v) is 9.42. The molecule has 17 heavy (non-hydrogen) atoms. The fourth-order valence-electron chi connectivity index (χ4n) is 2.87. The number of hydrogen-bond donors (Lipinski definition) is 0. The van der Waals surface area contributed by atoms with E-state index in [-0.39, 0.29) is 0 Å². The second kappa shape index (κ2) is 4.31. The van der Waals surface area contributed by atoms with Gasteiger partial charge in [0.05, 0.1) is 0 Å². The van der Waals surface area contributed by atoms with Crippen molar-refractivity contribution in [3.63, 3.8) is 0 Å². The van der Waals surface area contributed by atoms with Crippen LogP contribution in [0.1, 0.15) is 12.8 Å². The Labute approximate surface area is 105 Å². The molecule has 0 unspecified atom stereocenters. The van der Waals surface area contributed by atoms with E-state index in [1.54, 1.807) is 10.6 Å². The molecule has 0 radical (unpaired) electrons. The van der Waals surface area contributed by atoms with Crippen LogP contribution >= 0.6 is 7.14 Å². The Bertz CT molecular complexity index is 451. The fraction of sp³-hybridized carbons (Fsp3) is 0.200. The second-order valence-electron chi connectivity index (χ2n) is 5.21. The Kier molecular flexibility index (Phi) is 2.80. The van der Waals surface area contributed by atoms with Gasteiger partial charge in [-0.15, -0.1) is 0 Å². The van der Waals surface area contributed by atoms with E-state index in [1.165, 1.54) is 12.8 Å². The van der Waals surface area contributed by atoms with Crippen LogP contribution in [0, 0.1) is 0 Å². The summed E-state index contributed by atoms with van der Waals surface area (Å²) in [5.74, 6) is 0. The Hall–Kier alpha value is -1.07. The van der Waals surface area contributed by atoms with Crippen molar-refractivity contribution in [2.75, 3.05) is 0 Å². The molecule has 1 fully saturated rings. The molecule has 0 saturated heterocycles. The third-order valence-electron chi connectivity index (χ3n) is 4.14. The standard InChI is InChI=1S/C15H18BP/c16-17(15-11-12-15,13-7-3-1-4-8-13)14-9-5-2-6-10-14/h1-10,15,17H,11-12,16H2. The molecule has 2 aromatic carbocycles. The van der Waals surface area contributed by atoms with Crippen molar-refractivity contribution in [2.45, 2.75) is 18.5 Å². The van der Waals surface area contributed by atoms with Crippen LogP contribution in [0.5, 0.6) is 0 Å². The van der Waals surface area contributed by atoms with Crippen LogP contribution in [0.25, 0.3) is 0 Å². The Morgan fingerprint density at radius 1 is 0.765 bits per heavy atom. The van der Waals surface area contributed by atoms with E-state index in [9.17, 15) is 0 Å². The molecule has 0 amide bonds. The summed E-state index contributed by atoms with van der Waals surface area (Å²) in [6.45, 7) is 0. The van der Waals surface area contributed by atoms with Gasteiger partial charge >= 0.3 is 104 Å². The molecule has 2 heteroatoms. The van der Waals surface area contributed by atoms with E-state index in [1.807, 2.05) is 0 Å². The molecule has 1 saturated carbocycles. The molecule has 0 N–H and O–H groups in total. The first kappa shape index (κ1) is 11.0. The van der Waals surface area contributed by atoms with Crippen LogP contribution in [-0.4, -0.2) is 13.2 Å². The van der Waals surface area contributed by atoms with Crippen molar-refractivity contribution in [1.82, 2.24) is 0 Å². The maximum absolute atomic E-state index is 2.54. The average molecular weight is 240 g/mol. The van der Waals surface area contributed by atoms with Crippen LogP contribution < -0.4 is 10.6 Å². The van der Waals surface area contributed by atoms with E-state index in [2.05, 4.69) is 68.2 Å². The van der Waals surface area contributed by atoms with Crippen LogP contribution in [0.4, 0.5) is 0 Å². The monoisotopic (exact) mass is 240 g/mol. The van der Waals surface area contributed by atoms with Gasteiger partial charge in [0.15, 0.2) is 0 Å². The minimum atomic E-state index is -1.47. The molecule has 1 aliphatic rings. The van der Waals surface area contributed by atoms with Gasteiger partial charge in [0.2, 0.25) is 0 Å². The quantitative estimate of drug-likeness (QED) is 0.569. The van der Waals surface area contributed by atoms with Gasteiger partial charge in [-0.05, 0) is 0 Å². The van der Waals surface area contributed by atoms with Crippen molar-refractivity contribution < 1.29 is 0 Å². The van der Waals surface area contributed by atoms with Gasteiger partial charge in [-0.3, -0.25) is 0 Å². The van der Waals surface area contributed by atoms with Gasteiger partial charge in [-0.25, -0.2) is 0 Å². The number of rotatable bonds is 3. The molecule has 0 spiro atoms. The van der Waals surface area contributed by atoms with Crippen LogP contribution in [0.3, 0.4) is 0 Å². The molecule has 0 bridgehead atoms. The predicted octanol–water partition coefficient (Wildman–Crippen LogP) is 2.10. The number of hydrogen-bond acceptors (Lipinski definition) is 0. The summed E-state index contributed by atoms with van der Waals surface area (Å²) >= 11 is 0. The van der Waals surface area contributed by atoms with Crippen LogP contribution in [0.2, 0.25) is 0 Å². The molecular weight excluding hydrogens is 222 g/mol.